The summed E-state index contributed by atoms with van der Waals surface area (Å²) >= 11 is 0.617. The van der Waals surface area contributed by atoms with E-state index in [9.17, 15) is 22.0 Å². The summed E-state index contributed by atoms with van der Waals surface area (Å²) < 4.78 is 52.2. The van der Waals surface area contributed by atoms with Gasteiger partial charge in [-0.3, -0.25) is 14.8 Å². The molecule has 0 bridgehead atoms. The molecule has 0 atom stereocenters. The van der Waals surface area contributed by atoms with Crippen molar-refractivity contribution in [3.05, 3.63) is 65.7 Å². The van der Waals surface area contributed by atoms with E-state index in [1.807, 2.05) is 0 Å². The van der Waals surface area contributed by atoms with Crippen LogP contribution in [-0.2, 0) is 10.0 Å². The molecular weight excluding hydrogens is 386 g/mol. The van der Waals surface area contributed by atoms with E-state index in [0.29, 0.717) is 23.0 Å². The highest BCUT2D eigenvalue weighted by atomic mass is 32.2. The van der Waals surface area contributed by atoms with Gasteiger partial charge in [0, 0.05) is 11.6 Å². The van der Waals surface area contributed by atoms with Crippen molar-refractivity contribution in [1.82, 2.24) is 10.2 Å². The van der Waals surface area contributed by atoms with E-state index >= 15 is 0 Å². The number of anilines is 2. The lowest BCUT2D eigenvalue weighted by Crippen LogP contribution is -2.13. The minimum atomic E-state index is -4.17. The van der Waals surface area contributed by atoms with Crippen LogP contribution < -0.4 is 10.0 Å². The SMILES string of the molecule is O=C(Nc1nnc(S(=O)(=O)Nc2ccc(F)c(F)c2)s1)c1ccccc1. The number of amides is 1. The minimum Gasteiger partial charge on any atom is -0.296 e. The van der Waals surface area contributed by atoms with Crippen LogP contribution >= 0.6 is 11.3 Å². The van der Waals surface area contributed by atoms with Crippen LogP contribution in [0, 0.1) is 11.6 Å². The number of carbonyl (C=O) groups excluding carboxylic acids is 1. The number of benzene rings is 2. The summed E-state index contributed by atoms with van der Waals surface area (Å²) in [5, 5.41) is 9.52. The Kier molecular flexibility index (Phi) is 4.91. The Morgan fingerprint density at radius 1 is 1.00 bits per heavy atom. The molecule has 1 amide bonds. The van der Waals surface area contributed by atoms with Crippen LogP contribution in [0.3, 0.4) is 0 Å². The van der Waals surface area contributed by atoms with E-state index in [0.717, 1.165) is 12.1 Å². The Morgan fingerprint density at radius 2 is 1.73 bits per heavy atom. The number of sulfonamides is 1. The van der Waals surface area contributed by atoms with Gasteiger partial charge < -0.3 is 0 Å². The molecule has 0 radical (unpaired) electrons. The number of hydrogen-bond donors (Lipinski definition) is 2. The van der Waals surface area contributed by atoms with Gasteiger partial charge in [0.25, 0.3) is 20.3 Å². The lowest BCUT2D eigenvalue weighted by Gasteiger charge is -2.05. The largest absolute Gasteiger partial charge is 0.296 e. The predicted octanol–water partition coefficient (Wildman–Crippen LogP) is 2.87. The van der Waals surface area contributed by atoms with Gasteiger partial charge in [-0.1, -0.05) is 29.5 Å². The van der Waals surface area contributed by atoms with Crippen LogP contribution in [0.5, 0.6) is 0 Å². The maximum Gasteiger partial charge on any atom is 0.291 e. The zero-order valence-electron chi connectivity index (χ0n) is 12.8. The summed E-state index contributed by atoms with van der Waals surface area (Å²) in [6, 6.07) is 10.8. The van der Waals surface area contributed by atoms with E-state index in [4.69, 9.17) is 0 Å². The summed E-state index contributed by atoms with van der Waals surface area (Å²) in [7, 11) is -4.17. The van der Waals surface area contributed by atoms with Gasteiger partial charge in [0.05, 0.1) is 5.69 Å². The molecule has 0 aliphatic rings. The molecule has 0 spiro atoms. The molecule has 2 N–H and O–H groups in total. The monoisotopic (exact) mass is 396 g/mol. The van der Waals surface area contributed by atoms with Crippen LogP contribution in [0.25, 0.3) is 0 Å². The normalized spacial score (nSPS) is 11.2. The third kappa shape index (κ3) is 4.00. The number of aromatic nitrogens is 2. The molecule has 3 rings (SSSR count). The first-order valence-electron chi connectivity index (χ1n) is 7.03. The van der Waals surface area contributed by atoms with Crippen LogP contribution in [0.1, 0.15) is 10.4 Å². The Morgan fingerprint density at radius 3 is 2.42 bits per heavy atom. The third-order valence-corrected chi connectivity index (χ3v) is 5.65. The van der Waals surface area contributed by atoms with Gasteiger partial charge in [-0.05, 0) is 24.3 Å². The van der Waals surface area contributed by atoms with E-state index in [-0.39, 0.29) is 10.8 Å². The topological polar surface area (TPSA) is 101 Å². The fourth-order valence-electron chi connectivity index (χ4n) is 1.89. The van der Waals surface area contributed by atoms with Gasteiger partial charge >= 0.3 is 0 Å². The van der Waals surface area contributed by atoms with Crippen molar-refractivity contribution in [3.8, 4) is 0 Å². The molecule has 11 heteroatoms. The van der Waals surface area contributed by atoms with E-state index in [1.54, 1.807) is 30.3 Å². The van der Waals surface area contributed by atoms with Crippen LogP contribution in [-0.4, -0.2) is 24.5 Å². The smallest absolute Gasteiger partial charge is 0.291 e. The quantitative estimate of drug-likeness (QED) is 0.646. The Bertz CT molecular complexity index is 1060. The molecule has 26 heavy (non-hydrogen) atoms. The number of carbonyl (C=O) groups is 1. The van der Waals surface area contributed by atoms with E-state index in [2.05, 4.69) is 20.2 Å². The molecule has 1 aromatic heterocycles. The minimum absolute atomic E-state index is 0.0236. The highest BCUT2D eigenvalue weighted by Crippen LogP contribution is 2.23. The molecule has 0 aliphatic carbocycles. The molecular formula is C15H10F2N4O3S2. The zero-order valence-corrected chi connectivity index (χ0v) is 14.4. The zero-order chi connectivity index (χ0) is 18.7. The first-order valence-corrected chi connectivity index (χ1v) is 9.33. The van der Waals surface area contributed by atoms with Gasteiger partial charge in [-0.2, -0.15) is 8.42 Å². The number of nitrogens with one attached hydrogen (secondary N) is 2. The molecule has 0 unspecified atom stereocenters. The van der Waals surface area contributed by atoms with Gasteiger partial charge in [-0.25, -0.2) is 8.78 Å². The average molecular weight is 396 g/mol. The summed E-state index contributed by atoms with van der Waals surface area (Å²) in [5.74, 6) is -2.77. The molecule has 7 nitrogen and oxygen atoms in total. The van der Waals surface area contributed by atoms with E-state index < -0.39 is 31.9 Å². The van der Waals surface area contributed by atoms with Crippen molar-refractivity contribution in [2.45, 2.75) is 4.34 Å². The molecule has 0 fully saturated rings. The molecule has 0 saturated heterocycles. The Hall–Kier alpha value is -2.92. The number of halogens is 2. The number of hydrogen-bond acceptors (Lipinski definition) is 6. The summed E-state index contributed by atoms with van der Waals surface area (Å²) in [4.78, 5) is 12.0. The van der Waals surface area contributed by atoms with E-state index in [1.165, 1.54) is 0 Å². The lowest BCUT2D eigenvalue weighted by molar-refractivity contribution is 0.102. The highest BCUT2D eigenvalue weighted by Gasteiger charge is 2.22. The second kappa shape index (κ2) is 7.14. The second-order valence-electron chi connectivity index (χ2n) is 4.93. The van der Waals surface area contributed by atoms with Gasteiger partial charge in [0.1, 0.15) is 0 Å². The first kappa shape index (κ1) is 17.9. The Labute approximate surface area is 150 Å². The average Bonchev–Trinajstić information content (AvgIpc) is 3.08. The molecule has 1 heterocycles. The third-order valence-electron chi connectivity index (χ3n) is 3.06. The number of rotatable bonds is 5. The fraction of sp³-hybridized carbons (Fsp3) is 0. The van der Waals surface area contributed by atoms with Crippen molar-refractivity contribution in [3.63, 3.8) is 0 Å². The first-order chi connectivity index (χ1) is 12.3. The molecule has 3 aromatic rings. The van der Waals surface area contributed by atoms with Gasteiger partial charge in [0.15, 0.2) is 11.6 Å². The maximum absolute atomic E-state index is 13.2. The molecule has 2 aromatic carbocycles. The van der Waals surface area contributed by atoms with Gasteiger partial charge in [0.2, 0.25) is 5.13 Å². The van der Waals surface area contributed by atoms with Crippen molar-refractivity contribution in [2.75, 3.05) is 10.0 Å². The van der Waals surface area contributed by atoms with Crippen LogP contribution in [0.15, 0.2) is 52.9 Å². The lowest BCUT2D eigenvalue weighted by atomic mass is 10.2. The standard InChI is InChI=1S/C15H10F2N4O3S2/c16-11-7-6-10(8-12(11)17)21-26(23,24)15-20-19-14(25-15)18-13(22)9-4-2-1-3-5-9/h1-8,21H,(H,18,19,22). The predicted molar refractivity (Wildman–Crippen MR) is 91.5 cm³/mol. The molecule has 134 valence electrons. The second-order valence-corrected chi connectivity index (χ2v) is 7.76. The summed E-state index contributed by atoms with van der Waals surface area (Å²) in [6.07, 6.45) is 0. The van der Waals surface area contributed by atoms with Crippen molar-refractivity contribution in [1.29, 1.82) is 0 Å². The maximum atomic E-state index is 13.2. The fourth-order valence-corrected chi connectivity index (χ4v) is 3.83. The van der Waals surface area contributed by atoms with Crippen LogP contribution in [0.4, 0.5) is 19.6 Å². The molecule has 0 aliphatic heterocycles. The van der Waals surface area contributed by atoms with Crippen LogP contribution in [0.2, 0.25) is 0 Å². The van der Waals surface area contributed by atoms with Crippen molar-refractivity contribution in [2.24, 2.45) is 0 Å². The molecule has 0 saturated carbocycles. The van der Waals surface area contributed by atoms with Gasteiger partial charge in [-0.15, -0.1) is 10.2 Å². The van der Waals surface area contributed by atoms with Crippen molar-refractivity contribution >= 4 is 38.1 Å². The summed E-state index contributed by atoms with van der Waals surface area (Å²) in [6.45, 7) is 0. The Balaban J connectivity index is 1.75. The van der Waals surface area contributed by atoms with Crippen molar-refractivity contribution < 1.29 is 22.0 Å². The number of nitrogens with zero attached hydrogens (tertiary/aromatic N) is 2. The summed E-state index contributed by atoms with van der Waals surface area (Å²) in [5.41, 5.74) is 0.195. The highest BCUT2D eigenvalue weighted by molar-refractivity contribution is 7.94.